The van der Waals surface area contributed by atoms with Gasteiger partial charge in [-0.1, -0.05) is 18.2 Å². The first-order chi connectivity index (χ1) is 24.5. The van der Waals surface area contributed by atoms with Gasteiger partial charge in [0.15, 0.2) is 0 Å². The van der Waals surface area contributed by atoms with E-state index >= 15 is 0 Å². The predicted molar refractivity (Wildman–Crippen MR) is 209 cm³/mol. The minimum Gasteiger partial charge on any atom is -0.378 e. The first-order valence-electron chi connectivity index (χ1n) is 17.2. The summed E-state index contributed by atoms with van der Waals surface area (Å²) < 4.78 is 17.9. The Bertz CT molecular complexity index is 2230. The van der Waals surface area contributed by atoms with Crippen molar-refractivity contribution in [3.05, 3.63) is 116 Å². The number of hydrogen-bond acceptors (Lipinski definition) is 7. The molecule has 2 saturated heterocycles. The molecule has 6 aromatic rings. The Labute approximate surface area is 304 Å². The van der Waals surface area contributed by atoms with E-state index in [-0.39, 0.29) is 11.1 Å². The quantitative estimate of drug-likeness (QED) is 0.187. The van der Waals surface area contributed by atoms with Crippen LogP contribution >= 0.6 is 22.6 Å². The van der Waals surface area contributed by atoms with E-state index in [1.165, 1.54) is 3.57 Å². The molecule has 11 heteroatoms. The molecule has 0 N–H and O–H groups in total. The SMILES string of the molecule is CCn1c(=O)cc(N2CCOCC2)c2cc(-c3nccn3-c3ccccc3)ccc21.CCn1c(=O)cc(N2CCOCC2)c2cc(I)ccc21. The molecule has 258 valence electrons. The number of hydrogen-bond donors (Lipinski definition) is 0. The smallest absolute Gasteiger partial charge is 0.253 e. The normalized spacial score (nSPS) is 14.9. The number of rotatable bonds is 6. The average molecular weight is 785 g/mol. The Morgan fingerprint density at radius 2 is 1.22 bits per heavy atom. The molecule has 3 aromatic carbocycles. The molecular weight excluding hydrogens is 743 g/mol. The molecule has 0 spiro atoms. The fourth-order valence-electron chi connectivity index (χ4n) is 6.95. The summed E-state index contributed by atoms with van der Waals surface area (Å²) in [7, 11) is 0. The van der Waals surface area contributed by atoms with E-state index in [4.69, 9.17) is 9.47 Å². The number of anilines is 2. The van der Waals surface area contributed by atoms with Crippen molar-refractivity contribution in [2.24, 2.45) is 0 Å². The lowest BCUT2D eigenvalue weighted by atomic mass is 10.1. The average Bonchev–Trinajstić information content (AvgIpc) is 3.66. The summed E-state index contributed by atoms with van der Waals surface area (Å²) >= 11 is 2.32. The second-order valence-electron chi connectivity index (χ2n) is 12.3. The van der Waals surface area contributed by atoms with Crippen LogP contribution < -0.4 is 20.9 Å². The number of morpholine rings is 2. The highest BCUT2D eigenvalue weighted by atomic mass is 127. The maximum Gasteiger partial charge on any atom is 0.253 e. The molecule has 0 unspecified atom stereocenters. The van der Waals surface area contributed by atoms with E-state index < -0.39 is 0 Å². The Hall–Kier alpha value is -4.46. The third-order valence-corrected chi connectivity index (χ3v) is 10.1. The van der Waals surface area contributed by atoms with Crippen LogP contribution in [-0.4, -0.2) is 71.3 Å². The lowest BCUT2D eigenvalue weighted by Crippen LogP contribution is -2.37. The summed E-state index contributed by atoms with van der Waals surface area (Å²) in [6, 6.07) is 26.3. The van der Waals surface area contributed by atoms with Crippen LogP contribution in [0.25, 0.3) is 38.9 Å². The van der Waals surface area contributed by atoms with Crippen molar-refractivity contribution in [1.82, 2.24) is 18.7 Å². The van der Waals surface area contributed by atoms with Crippen molar-refractivity contribution < 1.29 is 9.47 Å². The van der Waals surface area contributed by atoms with Gasteiger partial charge in [-0.2, -0.15) is 0 Å². The van der Waals surface area contributed by atoms with Gasteiger partial charge in [-0.15, -0.1) is 0 Å². The topological polar surface area (TPSA) is 86.8 Å². The third kappa shape index (κ3) is 6.81. The molecule has 5 heterocycles. The van der Waals surface area contributed by atoms with Gasteiger partial charge in [0.1, 0.15) is 5.82 Å². The van der Waals surface area contributed by atoms with Gasteiger partial charge in [-0.05, 0) is 85.0 Å². The number of aromatic nitrogens is 4. The number of nitrogens with zero attached hydrogens (tertiary/aromatic N) is 6. The highest BCUT2D eigenvalue weighted by Crippen LogP contribution is 2.32. The molecule has 0 aliphatic carbocycles. The monoisotopic (exact) mass is 784 g/mol. The molecule has 2 fully saturated rings. The first-order valence-corrected chi connectivity index (χ1v) is 18.3. The zero-order valence-electron chi connectivity index (χ0n) is 28.4. The first kappa shape index (κ1) is 34.0. The van der Waals surface area contributed by atoms with E-state index in [1.54, 1.807) is 12.1 Å². The van der Waals surface area contributed by atoms with Gasteiger partial charge in [0, 0.05) is 89.4 Å². The highest BCUT2D eigenvalue weighted by molar-refractivity contribution is 14.1. The van der Waals surface area contributed by atoms with Gasteiger partial charge in [0.2, 0.25) is 0 Å². The molecule has 0 saturated carbocycles. The van der Waals surface area contributed by atoms with Gasteiger partial charge in [0.05, 0.1) is 48.8 Å². The predicted octanol–water partition coefficient (Wildman–Crippen LogP) is 6.17. The minimum absolute atomic E-state index is 0.0324. The van der Waals surface area contributed by atoms with Crippen LogP contribution in [-0.2, 0) is 22.6 Å². The van der Waals surface area contributed by atoms with Crippen molar-refractivity contribution >= 4 is 55.8 Å². The molecule has 2 aliphatic heterocycles. The number of aryl methyl sites for hydroxylation is 2. The lowest BCUT2D eigenvalue weighted by Gasteiger charge is -2.30. The number of fused-ring (bicyclic) bond motifs is 2. The Morgan fingerprint density at radius 1 is 0.680 bits per heavy atom. The van der Waals surface area contributed by atoms with Crippen molar-refractivity contribution in [1.29, 1.82) is 0 Å². The summed E-state index contributed by atoms with van der Waals surface area (Å²) in [6.45, 7) is 11.4. The number of benzene rings is 3. The number of imidazole rings is 1. The molecule has 0 radical (unpaired) electrons. The summed E-state index contributed by atoms with van der Waals surface area (Å²) in [5.74, 6) is 0.880. The van der Waals surface area contributed by atoms with Crippen molar-refractivity contribution in [2.45, 2.75) is 26.9 Å². The fraction of sp³-hybridized carbons (Fsp3) is 0.308. The van der Waals surface area contributed by atoms with Crippen LogP contribution in [0.1, 0.15) is 13.8 Å². The largest absolute Gasteiger partial charge is 0.378 e. The van der Waals surface area contributed by atoms with Gasteiger partial charge in [-0.25, -0.2) is 4.98 Å². The molecule has 3 aromatic heterocycles. The number of para-hydroxylation sites is 1. The maximum atomic E-state index is 12.8. The maximum absolute atomic E-state index is 12.8. The second-order valence-corrected chi connectivity index (χ2v) is 13.5. The van der Waals surface area contributed by atoms with Crippen LogP contribution in [0.3, 0.4) is 0 Å². The molecule has 0 atom stereocenters. The van der Waals surface area contributed by atoms with E-state index in [0.29, 0.717) is 26.3 Å². The zero-order valence-corrected chi connectivity index (χ0v) is 30.6. The number of halogens is 1. The van der Waals surface area contributed by atoms with E-state index in [2.05, 4.69) is 78.3 Å². The van der Waals surface area contributed by atoms with Crippen LogP contribution in [0.5, 0.6) is 0 Å². The van der Waals surface area contributed by atoms with Crippen molar-refractivity contribution in [2.75, 3.05) is 62.4 Å². The Morgan fingerprint density at radius 3 is 1.78 bits per heavy atom. The van der Waals surface area contributed by atoms with Gasteiger partial charge in [-0.3, -0.25) is 14.2 Å². The molecule has 8 rings (SSSR count). The summed E-state index contributed by atoms with van der Waals surface area (Å²) in [5.41, 5.74) is 6.17. The van der Waals surface area contributed by atoms with Crippen LogP contribution in [0.4, 0.5) is 11.4 Å². The van der Waals surface area contributed by atoms with Gasteiger partial charge in [0.25, 0.3) is 11.1 Å². The van der Waals surface area contributed by atoms with Crippen molar-refractivity contribution in [3.8, 4) is 17.1 Å². The van der Waals surface area contributed by atoms with E-state index in [1.807, 2.05) is 65.7 Å². The fourth-order valence-corrected chi connectivity index (χ4v) is 7.44. The molecule has 0 amide bonds. The van der Waals surface area contributed by atoms with Gasteiger partial charge < -0.3 is 28.4 Å². The van der Waals surface area contributed by atoms with E-state index in [0.717, 1.165) is 89.6 Å². The molecule has 10 nitrogen and oxygen atoms in total. The van der Waals surface area contributed by atoms with Gasteiger partial charge >= 0.3 is 0 Å². The standard InChI is InChI=1S/C24H24N4O2.C15H17IN2O2/c1-2-27-21-9-8-18(24-25-10-11-28(24)19-6-4-3-5-7-19)16-20(21)22(17-23(27)29)26-12-14-30-15-13-26;1-2-18-13-4-3-11(16)9-12(13)14(10-15(18)19)17-5-7-20-8-6-17/h3-11,16-17H,2,12-15H2,1H3;3-4,9-10H,2,5-8H2,1H3. The number of ether oxygens (including phenoxy) is 2. The third-order valence-electron chi connectivity index (χ3n) is 9.41. The van der Waals surface area contributed by atoms with E-state index in [9.17, 15) is 9.59 Å². The van der Waals surface area contributed by atoms with Crippen LogP contribution in [0, 0.1) is 3.57 Å². The lowest BCUT2D eigenvalue weighted by molar-refractivity contribution is 0.122. The molecule has 50 heavy (non-hydrogen) atoms. The van der Waals surface area contributed by atoms with Crippen molar-refractivity contribution in [3.63, 3.8) is 0 Å². The molecule has 2 aliphatic rings. The summed E-state index contributed by atoms with van der Waals surface area (Å²) in [4.78, 5) is 34.2. The second kappa shape index (κ2) is 15.2. The molecule has 0 bridgehead atoms. The Balaban J connectivity index is 0.000000170. The summed E-state index contributed by atoms with van der Waals surface area (Å²) in [5, 5.41) is 2.22. The number of pyridine rings is 2. The van der Waals surface area contributed by atoms with Crippen LogP contribution in [0.2, 0.25) is 0 Å². The zero-order chi connectivity index (χ0) is 34.6. The highest BCUT2D eigenvalue weighted by Gasteiger charge is 2.19. The summed E-state index contributed by atoms with van der Waals surface area (Å²) in [6.07, 6.45) is 3.80. The Kier molecular flexibility index (Phi) is 10.3. The minimum atomic E-state index is 0.0324. The van der Waals surface area contributed by atoms with Crippen LogP contribution in [0.15, 0.2) is 101 Å². The molecular formula is C39H41IN6O4.